The van der Waals surface area contributed by atoms with Gasteiger partial charge in [0.05, 0.1) is 6.10 Å². The molecule has 0 saturated heterocycles. The molecule has 0 aromatic heterocycles. The second kappa shape index (κ2) is 7.80. The number of aryl methyl sites for hydroxylation is 1. The van der Waals surface area contributed by atoms with Crippen molar-refractivity contribution in [2.24, 2.45) is 5.92 Å². The average Bonchev–Trinajstić information content (AvgIpc) is 2.39. The number of likely N-dealkylation sites (N-methyl/N-ethyl adjacent to an activating group) is 1. The third-order valence-corrected chi connectivity index (χ3v) is 4.31. The molecule has 0 bridgehead atoms. The van der Waals surface area contributed by atoms with Gasteiger partial charge in [-0.2, -0.15) is 0 Å². The Morgan fingerprint density at radius 1 is 1.20 bits per heavy atom. The van der Waals surface area contributed by atoms with Crippen LogP contribution in [-0.4, -0.2) is 25.3 Å². The van der Waals surface area contributed by atoms with Crippen LogP contribution >= 0.6 is 0 Å². The van der Waals surface area contributed by atoms with Crippen LogP contribution in [0.5, 0.6) is 0 Å². The Bertz CT molecular complexity index is 381. The number of rotatable bonds is 8. The van der Waals surface area contributed by atoms with Gasteiger partial charge in [-0.3, -0.25) is 0 Å². The molecule has 2 rings (SSSR count). The molecule has 0 heterocycles. The molecule has 1 aliphatic carbocycles. The molecule has 2 heteroatoms. The van der Waals surface area contributed by atoms with E-state index in [2.05, 4.69) is 50.4 Å². The lowest BCUT2D eigenvalue weighted by atomic mass is 9.77. The Balaban J connectivity index is 1.80. The van der Waals surface area contributed by atoms with Gasteiger partial charge in [0.2, 0.25) is 0 Å². The van der Waals surface area contributed by atoms with Gasteiger partial charge in [-0.25, -0.2) is 0 Å². The van der Waals surface area contributed by atoms with Crippen molar-refractivity contribution in [3.05, 3.63) is 35.4 Å². The van der Waals surface area contributed by atoms with Crippen LogP contribution in [0.15, 0.2) is 24.3 Å². The van der Waals surface area contributed by atoms with Crippen LogP contribution in [0.3, 0.4) is 0 Å². The summed E-state index contributed by atoms with van der Waals surface area (Å²) in [4.78, 5) is 0. The van der Waals surface area contributed by atoms with E-state index < -0.39 is 0 Å². The first-order chi connectivity index (χ1) is 9.71. The molecule has 1 unspecified atom stereocenters. The van der Waals surface area contributed by atoms with Gasteiger partial charge in [0.1, 0.15) is 0 Å². The van der Waals surface area contributed by atoms with Crippen LogP contribution < -0.4 is 5.32 Å². The van der Waals surface area contributed by atoms with Gasteiger partial charge < -0.3 is 10.1 Å². The second-order valence-electron chi connectivity index (χ2n) is 6.09. The molecular weight excluding hydrogens is 246 g/mol. The average molecular weight is 275 g/mol. The van der Waals surface area contributed by atoms with E-state index >= 15 is 0 Å². The van der Waals surface area contributed by atoms with Crippen molar-refractivity contribution in [3.8, 4) is 0 Å². The zero-order valence-corrected chi connectivity index (χ0v) is 13.2. The molecule has 1 aliphatic rings. The standard InChI is InChI=1S/C18H29NO/c1-4-19-17(10-15-8-6-14(3)7-9-15)11-16-12-18(13-16)20-5-2/h6-9,16-19H,4-5,10-13H2,1-3H3. The lowest BCUT2D eigenvalue weighted by Crippen LogP contribution is -2.39. The summed E-state index contributed by atoms with van der Waals surface area (Å²) in [5.41, 5.74) is 2.79. The Hall–Kier alpha value is -0.860. The monoisotopic (exact) mass is 275 g/mol. The Morgan fingerprint density at radius 2 is 1.90 bits per heavy atom. The summed E-state index contributed by atoms with van der Waals surface area (Å²) in [6.45, 7) is 8.35. The van der Waals surface area contributed by atoms with Crippen LogP contribution in [0.1, 0.15) is 44.2 Å². The fourth-order valence-electron chi connectivity index (χ4n) is 3.18. The zero-order valence-electron chi connectivity index (χ0n) is 13.2. The van der Waals surface area contributed by atoms with Crippen molar-refractivity contribution < 1.29 is 4.74 Å². The molecule has 1 N–H and O–H groups in total. The van der Waals surface area contributed by atoms with Crippen molar-refractivity contribution >= 4 is 0 Å². The summed E-state index contributed by atoms with van der Waals surface area (Å²) >= 11 is 0. The highest BCUT2D eigenvalue weighted by atomic mass is 16.5. The highest BCUT2D eigenvalue weighted by molar-refractivity contribution is 5.22. The first-order valence-electron chi connectivity index (χ1n) is 8.11. The Kier molecular flexibility index (Phi) is 6.06. The van der Waals surface area contributed by atoms with Crippen molar-refractivity contribution in [1.29, 1.82) is 0 Å². The maximum absolute atomic E-state index is 5.66. The quantitative estimate of drug-likeness (QED) is 0.780. The predicted octanol–water partition coefficient (Wildman–Crippen LogP) is 3.72. The SMILES string of the molecule is CCNC(Cc1ccc(C)cc1)CC1CC(OCC)C1. The zero-order chi connectivity index (χ0) is 14.4. The maximum atomic E-state index is 5.66. The largest absolute Gasteiger partial charge is 0.378 e. The summed E-state index contributed by atoms with van der Waals surface area (Å²) in [5.74, 6) is 0.848. The molecule has 112 valence electrons. The fourth-order valence-corrected chi connectivity index (χ4v) is 3.18. The van der Waals surface area contributed by atoms with E-state index in [0.29, 0.717) is 12.1 Å². The minimum Gasteiger partial charge on any atom is -0.378 e. The van der Waals surface area contributed by atoms with E-state index in [1.54, 1.807) is 0 Å². The number of hydrogen-bond donors (Lipinski definition) is 1. The molecule has 0 amide bonds. The summed E-state index contributed by atoms with van der Waals surface area (Å²) in [7, 11) is 0. The lowest BCUT2D eigenvalue weighted by molar-refractivity contribution is -0.0289. The first kappa shape index (κ1) is 15.5. The Morgan fingerprint density at radius 3 is 2.50 bits per heavy atom. The smallest absolute Gasteiger partial charge is 0.0580 e. The summed E-state index contributed by atoms with van der Waals surface area (Å²) in [6.07, 6.45) is 5.47. The molecule has 1 aromatic carbocycles. The van der Waals surface area contributed by atoms with Gasteiger partial charge in [0.15, 0.2) is 0 Å². The van der Waals surface area contributed by atoms with Crippen LogP contribution in [0, 0.1) is 12.8 Å². The molecule has 20 heavy (non-hydrogen) atoms. The third kappa shape index (κ3) is 4.60. The molecular formula is C18H29NO. The molecule has 1 aromatic rings. The molecule has 1 saturated carbocycles. The fraction of sp³-hybridized carbons (Fsp3) is 0.667. The molecule has 1 fully saturated rings. The Labute approximate surface area is 123 Å². The minimum atomic E-state index is 0.534. The summed E-state index contributed by atoms with van der Waals surface area (Å²) in [6, 6.07) is 9.57. The van der Waals surface area contributed by atoms with E-state index in [1.165, 1.54) is 30.4 Å². The van der Waals surface area contributed by atoms with E-state index in [0.717, 1.165) is 25.5 Å². The van der Waals surface area contributed by atoms with Crippen molar-refractivity contribution in [1.82, 2.24) is 5.32 Å². The number of nitrogens with one attached hydrogen (secondary N) is 1. The van der Waals surface area contributed by atoms with Crippen LogP contribution in [-0.2, 0) is 11.2 Å². The van der Waals surface area contributed by atoms with Gasteiger partial charge in [-0.15, -0.1) is 0 Å². The molecule has 0 aliphatic heterocycles. The van der Waals surface area contributed by atoms with Crippen molar-refractivity contribution in [2.45, 2.75) is 58.6 Å². The van der Waals surface area contributed by atoms with Crippen LogP contribution in [0.4, 0.5) is 0 Å². The van der Waals surface area contributed by atoms with E-state index in [-0.39, 0.29) is 0 Å². The van der Waals surface area contributed by atoms with Gasteiger partial charge >= 0.3 is 0 Å². The predicted molar refractivity (Wildman–Crippen MR) is 85.1 cm³/mol. The van der Waals surface area contributed by atoms with Gasteiger partial charge in [-0.05, 0) is 57.6 Å². The topological polar surface area (TPSA) is 21.3 Å². The number of hydrogen-bond acceptors (Lipinski definition) is 2. The van der Waals surface area contributed by atoms with Crippen molar-refractivity contribution in [3.63, 3.8) is 0 Å². The molecule has 0 radical (unpaired) electrons. The number of benzene rings is 1. The summed E-state index contributed by atoms with van der Waals surface area (Å²) in [5, 5.41) is 3.65. The lowest BCUT2D eigenvalue weighted by Gasteiger charge is -2.37. The first-order valence-corrected chi connectivity index (χ1v) is 8.11. The number of ether oxygens (including phenoxy) is 1. The highest BCUT2D eigenvalue weighted by Crippen LogP contribution is 2.34. The highest BCUT2D eigenvalue weighted by Gasteiger charge is 2.31. The van der Waals surface area contributed by atoms with Gasteiger partial charge in [0, 0.05) is 12.6 Å². The summed E-state index contributed by atoms with van der Waals surface area (Å²) < 4.78 is 5.66. The van der Waals surface area contributed by atoms with E-state index in [4.69, 9.17) is 4.74 Å². The minimum absolute atomic E-state index is 0.534. The molecule has 2 nitrogen and oxygen atoms in total. The maximum Gasteiger partial charge on any atom is 0.0580 e. The van der Waals surface area contributed by atoms with E-state index in [9.17, 15) is 0 Å². The normalized spacial score (nSPS) is 23.4. The van der Waals surface area contributed by atoms with Crippen LogP contribution in [0.2, 0.25) is 0 Å². The van der Waals surface area contributed by atoms with Gasteiger partial charge in [0.25, 0.3) is 0 Å². The second-order valence-corrected chi connectivity index (χ2v) is 6.09. The van der Waals surface area contributed by atoms with Crippen LogP contribution in [0.25, 0.3) is 0 Å². The van der Waals surface area contributed by atoms with Crippen molar-refractivity contribution in [2.75, 3.05) is 13.2 Å². The molecule has 0 spiro atoms. The third-order valence-electron chi connectivity index (χ3n) is 4.31. The van der Waals surface area contributed by atoms with E-state index in [1.807, 2.05) is 0 Å². The molecule has 1 atom stereocenters. The van der Waals surface area contributed by atoms with Gasteiger partial charge in [-0.1, -0.05) is 36.8 Å².